The number of fused-ring (bicyclic) bond motifs is 2. The Hall–Kier alpha value is -0.340. The second kappa shape index (κ2) is 2.61. The van der Waals surface area contributed by atoms with E-state index < -0.39 is 0 Å². The molecule has 3 atom stereocenters. The van der Waals surface area contributed by atoms with Crippen LogP contribution in [0.5, 0.6) is 0 Å². The van der Waals surface area contributed by atoms with Crippen LogP contribution >= 0.6 is 0 Å². The summed E-state index contributed by atoms with van der Waals surface area (Å²) >= 11 is 0. The van der Waals surface area contributed by atoms with Gasteiger partial charge in [0.1, 0.15) is 12.2 Å². The third-order valence-corrected chi connectivity index (χ3v) is 2.59. The van der Waals surface area contributed by atoms with Crippen LogP contribution in [0.15, 0.2) is 12.2 Å². The van der Waals surface area contributed by atoms with Gasteiger partial charge < -0.3 is 0 Å². The molecule has 1 aliphatic carbocycles. The molecule has 0 radical (unpaired) electrons. The summed E-state index contributed by atoms with van der Waals surface area (Å²) < 4.78 is 0. The van der Waals surface area contributed by atoms with Crippen molar-refractivity contribution >= 4 is 0 Å². The Labute approximate surface area is 67.1 Å². The number of hydrogen-bond acceptors (Lipinski definition) is 2. The van der Waals surface area contributed by atoms with Crippen LogP contribution in [0.3, 0.4) is 0 Å². The van der Waals surface area contributed by atoms with Crippen LogP contribution < -0.4 is 0 Å². The lowest BCUT2D eigenvalue weighted by Crippen LogP contribution is -2.40. The Bertz CT molecular complexity index is 174. The molecule has 2 nitrogen and oxygen atoms in total. The molecule has 1 fully saturated rings. The van der Waals surface area contributed by atoms with Gasteiger partial charge in [0.2, 0.25) is 0 Å². The molecule has 3 aliphatic rings. The maximum atomic E-state index is 5.16. The first kappa shape index (κ1) is 7.32. The molecule has 0 N–H and O–H groups in total. The fourth-order valence-corrected chi connectivity index (χ4v) is 1.82. The zero-order valence-corrected chi connectivity index (χ0v) is 6.99. The Kier molecular flexibility index (Phi) is 1.74. The Morgan fingerprint density at radius 3 is 2.36 bits per heavy atom. The molecule has 0 saturated carbocycles. The first-order valence-electron chi connectivity index (χ1n) is 4.28. The van der Waals surface area contributed by atoms with E-state index in [0.717, 1.165) is 6.42 Å². The van der Waals surface area contributed by atoms with Crippen molar-refractivity contribution < 1.29 is 9.78 Å². The average Bonchev–Trinajstić information content (AvgIpc) is 2.06. The summed E-state index contributed by atoms with van der Waals surface area (Å²) in [6, 6.07) is 0. The van der Waals surface area contributed by atoms with Gasteiger partial charge in [-0.1, -0.05) is 26.0 Å². The van der Waals surface area contributed by atoms with Crippen molar-refractivity contribution in [2.75, 3.05) is 0 Å². The highest BCUT2D eigenvalue weighted by Gasteiger charge is 2.35. The second-order valence-corrected chi connectivity index (χ2v) is 3.72. The minimum absolute atomic E-state index is 0.208. The lowest BCUT2D eigenvalue weighted by molar-refractivity contribution is -0.376. The topological polar surface area (TPSA) is 18.5 Å². The number of hydrogen-bond donors (Lipinski definition) is 0. The minimum atomic E-state index is 0.208. The lowest BCUT2D eigenvalue weighted by atomic mass is 9.81. The largest absolute Gasteiger partial charge is 0.229 e. The van der Waals surface area contributed by atoms with Gasteiger partial charge >= 0.3 is 0 Å². The summed E-state index contributed by atoms with van der Waals surface area (Å²) in [5, 5.41) is 0. The van der Waals surface area contributed by atoms with E-state index in [2.05, 4.69) is 26.0 Å². The van der Waals surface area contributed by atoms with Crippen LogP contribution in [0.25, 0.3) is 0 Å². The predicted molar refractivity (Wildman–Crippen MR) is 41.8 cm³/mol. The number of rotatable bonds is 1. The summed E-state index contributed by atoms with van der Waals surface area (Å²) in [5.41, 5.74) is 0. The molecule has 1 saturated heterocycles. The van der Waals surface area contributed by atoms with Crippen molar-refractivity contribution in [3.63, 3.8) is 0 Å². The summed E-state index contributed by atoms with van der Waals surface area (Å²) in [5.74, 6) is 1.34. The van der Waals surface area contributed by atoms with Gasteiger partial charge in [0, 0.05) is 0 Å². The Balaban J connectivity index is 2.11. The predicted octanol–water partition coefficient (Wildman–Crippen LogP) is 1.92. The van der Waals surface area contributed by atoms with Crippen molar-refractivity contribution in [3.05, 3.63) is 12.2 Å². The molecule has 0 aromatic rings. The van der Waals surface area contributed by atoms with E-state index in [4.69, 9.17) is 9.78 Å². The monoisotopic (exact) mass is 154 g/mol. The van der Waals surface area contributed by atoms with Crippen LogP contribution in [0.2, 0.25) is 0 Å². The highest BCUT2D eigenvalue weighted by atomic mass is 17.2. The Morgan fingerprint density at radius 1 is 1.27 bits per heavy atom. The van der Waals surface area contributed by atoms with Gasteiger partial charge in [-0.25, -0.2) is 9.78 Å². The van der Waals surface area contributed by atoms with Crippen LogP contribution in [0, 0.1) is 11.8 Å². The fourth-order valence-electron chi connectivity index (χ4n) is 1.82. The quantitative estimate of drug-likeness (QED) is 0.424. The Morgan fingerprint density at radius 2 is 2.09 bits per heavy atom. The van der Waals surface area contributed by atoms with Crippen molar-refractivity contribution in [2.24, 2.45) is 11.8 Å². The van der Waals surface area contributed by atoms with E-state index in [1.165, 1.54) is 0 Å². The third kappa shape index (κ3) is 1.21. The van der Waals surface area contributed by atoms with Gasteiger partial charge in [-0.15, -0.1) is 0 Å². The summed E-state index contributed by atoms with van der Waals surface area (Å²) in [4.78, 5) is 10.2. The first-order valence-corrected chi connectivity index (χ1v) is 4.28. The van der Waals surface area contributed by atoms with Crippen LogP contribution in [-0.4, -0.2) is 12.2 Å². The molecule has 2 bridgehead atoms. The third-order valence-electron chi connectivity index (χ3n) is 2.59. The van der Waals surface area contributed by atoms with Gasteiger partial charge in [0.15, 0.2) is 0 Å². The summed E-state index contributed by atoms with van der Waals surface area (Å²) in [6.07, 6.45) is 5.78. The van der Waals surface area contributed by atoms with Crippen LogP contribution in [0.1, 0.15) is 20.3 Å². The molecular weight excluding hydrogens is 140 g/mol. The highest BCUT2D eigenvalue weighted by Crippen LogP contribution is 2.34. The molecule has 0 aromatic heterocycles. The fraction of sp³-hybridized carbons (Fsp3) is 0.778. The van der Waals surface area contributed by atoms with Gasteiger partial charge in [0.25, 0.3) is 0 Å². The van der Waals surface area contributed by atoms with E-state index in [-0.39, 0.29) is 12.2 Å². The van der Waals surface area contributed by atoms with E-state index in [1.54, 1.807) is 0 Å². The maximum Gasteiger partial charge on any atom is 0.114 e. The second-order valence-electron chi connectivity index (χ2n) is 3.72. The van der Waals surface area contributed by atoms with Crippen LogP contribution in [-0.2, 0) is 9.78 Å². The molecule has 1 unspecified atom stereocenters. The minimum Gasteiger partial charge on any atom is -0.229 e. The van der Waals surface area contributed by atoms with Gasteiger partial charge in [-0.2, -0.15) is 0 Å². The highest BCUT2D eigenvalue weighted by molar-refractivity contribution is 5.06. The molecule has 11 heavy (non-hydrogen) atoms. The van der Waals surface area contributed by atoms with Crippen molar-refractivity contribution in [1.82, 2.24) is 0 Å². The van der Waals surface area contributed by atoms with Crippen molar-refractivity contribution in [3.8, 4) is 0 Å². The van der Waals surface area contributed by atoms with Gasteiger partial charge in [-0.3, -0.25) is 0 Å². The SMILES string of the molecule is CC(C)C1C[C@H]2C=C[C@@H]1OO2. The van der Waals surface area contributed by atoms with E-state index >= 15 is 0 Å². The summed E-state index contributed by atoms with van der Waals surface area (Å²) in [7, 11) is 0. The van der Waals surface area contributed by atoms with E-state index in [1.807, 2.05) is 0 Å². The molecule has 2 heterocycles. The molecule has 2 heteroatoms. The molecule has 0 amide bonds. The maximum absolute atomic E-state index is 5.16. The normalized spacial score (nSPS) is 41.9. The molecular formula is C9H14O2. The molecule has 0 spiro atoms. The van der Waals surface area contributed by atoms with E-state index in [0.29, 0.717) is 11.8 Å². The lowest BCUT2D eigenvalue weighted by Gasteiger charge is -2.38. The first-order chi connectivity index (χ1) is 5.27. The zero-order valence-electron chi connectivity index (χ0n) is 6.99. The molecule has 2 aliphatic heterocycles. The molecule has 3 rings (SSSR count). The smallest absolute Gasteiger partial charge is 0.114 e. The van der Waals surface area contributed by atoms with Crippen molar-refractivity contribution in [2.45, 2.75) is 32.5 Å². The van der Waals surface area contributed by atoms with Crippen LogP contribution in [0.4, 0.5) is 0 Å². The molecule has 62 valence electrons. The van der Waals surface area contributed by atoms with Gasteiger partial charge in [-0.05, 0) is 18.3 Å². The van der Waals surface area contributed by atoms with Crippen molar-refractivity contribution in [1.29, 1.82) is 0 Å². The standard InChI is InChI=1S/C9H14O2/c1-6(2)8-5-7-3-4-9(8)11-10-7/h3-4,6-9H,5H2,1-2H3/t7-,8?,9+/m1/s1. The van der Waals surface area contributed by atoms with Gasteiger partial charge in [0.05, 0.1) is 0 Å². The summed E-state index contributed by atoms with van der Waals surface area (Å²) in [6.45, 7) is 4.48. The van der Waals surface area contributed by atoms with E-state index in [9.17, 15) is 0 Å². The molecule has 0 aromatic carbocycles. The average molecular weight is 154 g/mol. The zero-order chi connectivity index (χ0) is 7.84.